The molecular weight excluding hydrogens is 200 g/mol. The van der Waals surface area contributed by atoms with E-state index < -0.39 is 0 Å². The molecule has 0 spiro atoms. The largest absolute Gasteiger partial charge is 0.369 e. The maximum absolute atomic E-state index is 5.79. The Bertz CT molecular complexity index is 578. The SMILES string of the molecule is C=C/C=C\c1c(C=C)nc(N)n2ccnc12. The van der Waals surface area contributed by atoms with E-state index in [-0.39, 0.29) is 0 Å². The van der Waals surface area contributed by atoms with Crippen molar-refractivity contribution in [1.29, 1.82) is 0 Å². The van der Waals surface area contributed by atoms with Crippen LogP contribution in [0.4, 0.5) is 5.95 Å². The second-order valence-corrected chi connectivity index (χ2v) is 3.19. The summed E-state index contributed by atoms with van der Waals surface area (Å²) in [7, 11) is 0. The van der Waals surface area contributed by atoms with E-state index >= 15 is 0 Å². The van der Waals surface area contributed by atoms with Crippen LogP contribution in [-0.4, -0.2) is 14.4 Å². The zero-order valence-corrected chi connectivity index (χ0v) is 8.80. The molecule has 0 aromatic carbocycles. The zero-order valence-electron chi connectivity index (χ0n) is 8.80. The Morgan fingerprint density at radius 2 is 2.19 bits per heavy atom. The molecule has 0 aliphatic heterocycles. The Morgan fingerprint density at radius 1 is 1.38 bits per heavy atom. The number of aromatic nitrogens is 3. The molecule has 2 aromatic rings. The molecule has 80 valence electrons. The fraction of sp³-hybridized carbons (Fsp3) is 0. The molecule has 0 saturated carbocycles. The monoisotopic (exact) mass is 212 g/mol. The number of hydrogen-bond acceptors (Lipinski definition) is 3. The summed E-state index contributed by atoms with van der Waals surface area (Å²) < 4.78 is 1.73. The Morgan fingerprint density at radius 3 is 2.88 bits per heavy atom. The molecule has 4 heteroatoms. The highest BCUT2D eigenvalue weighted by atomic mass is 15.1. The van der Waals surface area contributed by atoms with Gasteiger partial charge in [0.15, 0.2) is 0 Å². The van der Waals surface area contributed by atoms with Gasteiger partial charge in [0.1, 0.15) is 5.65 Å². The number of imidazole rings is 1. The highest BCUT2D eigenvalue weighted by Gasteiger charge is 2.08. The van der Waals surface area contributed by atoms with Crippen molar-refractivity contribution in [3.05, 3.63) is 49.0 Å². The van der Waals surface area contributed by atoms with Gasteiger partial charge in [-0.05, 0) is 12.2 Å². The van der Waals surface area contributed by atoms with Crippen molar-refractivity contribution in [2.24, 2.45) is 0 Å². The van der Waals surface area contributed by atoms with E-state index in [0.29, 0.717) is 11.6 Å². The van der Waals surface area contributed by atoms with Gasteiger partial charge in [0.25, 0.3) is 0 Å². The van der Waals surface area contributed by atoms with E-state index in [1.165, 1.54) is 0 Å². The summed E-state index contributed by atoms with van der Waals surface area (Å²) in [4.78, 5) is 8.49. The minimum Gasteiger partial charge on any atom is -0.369 e. The van der Waals surface area contributed by atoms with Gasteiger partial charge in [0.2, 0.25) is 5.95 Å². The first-order valence-electron chi connectivity index (χ1n) is 4.82. The van der Waals surface area contributed by atoms with Crippen LogP contribution in [0.1, 0.15) is 11.3 Å². The molecule has 0 unspecified atom stereocenters. The van der Waals surface area contributed by atoms with Crippen LogP contribution >= 0.6 is 0 Å². The minimum atomic E-state index is 0.401. The summed E-state index contributed by atoms with van der Waals surface area (Å²) >= 11 is 0. The molecule has 0 amide bonds. The van der Waals surface area contributed by atoms with E-state index in [4.69, 9.17) is 5.73 Å². The van der Waals surface area contributed by atoms with Crippen LogP contribution in [0.3, 0.4) is 0 Å². The lowest BCUT2D eigenvalue weighted by Gasteiger charge is -2.05. The summed E-state index contributed by atoms with van der Waals surface area (Å²) in [5.74, 6) is 0.401. The highest BCUT2D eigenvalue weighted by Crippen LogP contribution is 2.18. The average Bonchev–Trinajstić information content (AvgIpc) is 2.77. The molecule has 0 radical (unpaired) electrons. The molecule has 0 fully saturated rings. The second-order valence-electron chi connectivity index (χ2n) is 3.19. The zero-order chi connectivity index (χ0) is 11.5. The van der Waals surface area contributed by atoms with Gasteiger partial charge in [-0.15, -0.1) is 0 Å². The number of allylic oxidation sites excluding steroid dienone is 2. The second kappa shape index (κ2) is 4.02. The van der Waals surface area contributed by atoms with Crippen LogP contribution in [-0.2, 0) is 0 Å². The third kappa shape index (κ3) is 1.50. The Balaban J connectivity index is 2.80. The minimum absolute atomic E-state index is 0.401. The van der Waals surface area contributed by atoms with E-state index in [1.54, 1.807) is 28.9 Å². The van der Waals surface area contributed by atoms with Crippen molar-refractivity contribution in [1.82, 2.24) is 14.4 Å². The quantitative estimate of drug-likeness (QED) is 0.793. The molecule has 16 heavy (non-hydrogen) atoms. The molecule has 2 aromatic heterocycles. The lowest BCUT2D eigenvalue weighted by Crippen LogP contribution is -2.03. The van der Waals surface area contributed by atoms with E-state index in [1.807, 2.05) is 12.2 Å². The predicted octanol–water partition coefficient (Wildman–Crippen LogP) is 2.15. The first-order valence-corrected chi connectivity index (χ1v) is 4.82. The van der Waals surface area contributed by atoms with Gasteiger partial charge in [0.05, 0.1) is 5.69 Å². The molecule has 2 heterocycles. The van der Waals surface area contributed by atoms with Crippen molar-refractivity contribution in [2.75, 3.05) is 5.73 Å². The summed E-state index contributed by atoms with van der Waals surface area (Å²) in [6, 6.07) is 0. The summed E-state index contributed by atoms with van der Waals surface area (Å²) in [6.07, 6.45) is 10.5. The average molecular weight is 212 g/mol. The first kappa shape index (κ1) is 10.2. The number of nitrogens with zero attached hydrogens (tertiary/aromatic N) is 3. The van der Waals surface area contributed by atoms with Crippen LogP contribution in [0.2, 0.25) is 0 Å². The van der Waals surface area contributed by atoms with Gasteiger partial charge in [-0.1, -0.05) is 25.3 Å². The molecule has 2 rings (SSSR count). The summed E-state index contributed by atoms with van der Waals surface area (Å²) in [6.45, 7) is 7.35. The van der Waals surface area contributed by atoms with Crippen LogP contribution in [0.25, 0.3) is 17.8 Å². The van der Waals surface area contributed by atoms with Gasteiger partial charge in [-0.2, -0.15) is 0 Å². The van der Waals surface area contributed by atoms with Crippen molar-refractivity contribution in [3.63, 3.8) is 0 Å². The van der Waals surface area contributed by atoms with E-state index in [2.05, 4.69) is 23.1 Å². The number of fused-ring (bicyclic) bond motifs is 1. The Hall–Kier alpha value is -2.36. The smallest absolute Gasteiger partial charge is 0.206 e. The fourth-order valence-electron chi connectivity index (χ4n) is 1.52. The molecule has 0 bridgehead atoms. The number of nitrogen functional groups attached to an aromatic ring is 1. The third-order valence-corrected chi connectivity index (χ3v) is 2.23. The van der Waals surface area contributed by atoms with Crippen LogP contribution < -0.4 is 5.73 Å². The van der Waals surface area contributed by atoms with Crippen molar-refractivity contribution >= 4 is 23.7 Å². The van der Waals surface area contributed by atoms with Gasteiger partial charge in [0, 0.05) is 18.0 Å². The molecule has 2 N–H and O–H groups in total. The number of hydrogen-bond donors (Lipinski definition) is 1. The lowest BCUT2D eigenvalue weighted by atomic mass is 10.2. The Labute approximate surface area is 93.4 Å². The maximum Gasteiger partial charge on any atom is 0.206 e. The summed E-state index contributed by atoms with van der Waals surface area (Å²) in [5, 5.41) is 0. The fourth-order valence-corrected chi connectivity index (χ4v) is 1.52. The normalized spacial score (nSPS) is 11.0. The van der Waals surface area contributed by atoms with Gasteiger partial charge < -0.3 is 5.73 Å². The van der Waals surface area contributed by atoms with Crippen molar-refractivity contribution < 1.29 is 0 Å². The number of rotatable bonds is 3. The molecular formula is C12H12N4. The van der Waals surface area contributed by atoms with Crippen molar-refractivity contribution in [2.45, 2.75) is 0 Å². The molecule has 0 saturated heterocycles. The third-order valence-electron chi connectivity index (χ3n) is 2.23. The van der Waals surface area contributed by atoms with Crippen LogP contribution in [0, 0.1) is 0 Å². The lowest BCUT2D eigenvalue weighted by molar-refractivity contribution is 1.09. The molecule has 0 atom stereocenters. The highest BCUT2D eigenvalue weighted by molar-refractivity contribution is 5.74. The molecule has 0 aliphatic rings. The summed E-state index contributed by atoms with van der Waals surface area (Å²) in [5.41, 5.74) is 8.16. The van der Waals surface area contributed by atoms with Gasteiger partial charge in [-0.3, -0.25) is 4.40 Å². The predicted molar refractivity (Wildman–Crippen MR) is 66.7 cm³/mol. The van der Waals surface area contributed by atoms with E-state index in [9.17, 15) is 0 Å². The molecule has 4 nitrogen and oxygen atoms in total. The van der Waals surface area contributed by atoms with Crippen LogP contribution in [0.15, 0.2) is 37.7 Å². The molecule has 0 aliphatic carbocycles. The van der Waals surface area contributed by atoms with Gasteiger partial charge >= 0.3 is 0 Å². The number of nitrogens with two attached hydrogens (primary N) is 1. The topological polar surface area (TPSA) is 56.2 Å². The van der Waals surface area contributed by atoms with Crippen LogP contribution in [0.5, 0.6) is 0 Å². The Kier molecular flexibility index (Phi) is 2.55. The standard InChI is InChI=1S/C12H12N4/c1-3-5-6-9-10(4-2)15-12(13)16-8-7-14-11(9)16/h3-8H,1-2H2,(H2,13,15)/b6-5-. The van der Waals surface area contributed by atoms with E-state index in [0.717, 1.165) is 11.2 Å². The van der Waals surface area contributed by atoms with Gasteiger partial charge in [-0.25, -0.2) is 9.97 Å². The maximum atomic E-state index is 5.79. The van der Waals surface area contributed by atoms with Crippen molar-refractivity contribution in [3.8, 4) is 0 Å². The number of anilines is 1. The first-order chi connectivity index (χ1) is 7.77.